The first-order chi connectivity index (χ1) is 10.9. The second kappa shape index (κ2) is 7.55. The van der Waals surface area contributed by atoms with Gasteiger partial charge in [-0.3, -0.25) is 9.59 Å². The molecule has 0 aliphatic carbocycles. The first-order valence-electron chi connectivity index (χ1n) is 7.95. The lowest BCUT2D eigenvalue weighted by Crippen LogP contribution is -2.53. The fourth-order valence-electron chi connectivity index (χ4n) is 2.61. The fraction of sp³-hybridized carbons (Fsp3) is 0.529. The van der Waals surface area contributed by atoms with Gasteiger partial charge in [0.1, 0.15) is 5.82 Å². The number of nitrogens with zero attached hydrogens (tertiary/aromatic N) is 2. The lowest BCUT2D eigenvalue weighted by molar-refractivity contribution is -0.141. The molecule has 126 valence electrons. The highest BCUT2D eigenvalue weighted by Crippen LogP contribution is 2.13. The average molecular weight is 321 g/mol. The van der Waals surface area contributed by atoms with Crippen LogP contribution in [0.5, 0.6) is 0 Å². The van der Waals surface area contributed by atoms with E-state index in [9.17, 15) is 14.0 Å². The maximum Gasteiger partial charge on any atom is 0.227 e. The van der Waals surface area contributed by atoms with Crippen molar-refractivity contribution < 1.29 is 14.0 Å². The van der Waals surface area contributed by atoms with Crippen LogP contribution in [0.15, 0.2) is 24.3 Å². The Morgan fingerprint density at radius 1 is 1.13 bits per heavy atom. The van der Waals surface area contributed by atoms with Crippen molar-refractivity contribution in [3.8, 4) is 0 Å². The Hall–Kier alpha value is -1.95. The fourth-order valence-corrected chi connectivity index (χ4v) is 2.61. The van der Waals surface area contributed by atoms with Gasteiger partial charge < -0.3 is 15.5 Å². The van der Waals surface area contributed by atoms with Gasteiger partial charge in [-0.2, -0.15) is 0 Å². The molecule has 2 N–H and O–H groups in total. The summed E-state index contributed by atoms with van der Waals surface area (Å²) in [5.41, 5.74) is 6.18. The summed E-state index contributed by atoms with van der Waals surface area (Å²) >= 11 is 0. The summed E-state index contributed by atoms with van der Waals surface area (Å²) in [6, 6.07) is 6.11. The zero-order chi connectivity index (χ0) is 17.0. The molecule has 0 saturated carbocycles. The number of halogens is 1. The average Bonchev–Trinajstić information content (AvgIpc) is 2.55. The molecule has 1 saturated heterocycles. The van der Waals surface area contributed by atoms with E-state index in [1.54, 1.807) is 28.0 Å². The summed E-state index contributed by atoms with van der Waals surface area (Å²) in [6.45, 7) is 5.59. The van der Waals surface area contributed by atoms with E-state index >= 15 is 0 Å². The van der Waals surface area contributed by atoms with E-state index in [4.69, 9.17) is 5.73 Å². The summed E-state index contributed by atoms with van der Waals surface area (Å²) in [4.78, 5) is 28.0. The second-order valence-corrected chi connectivity index (χ2v) is 6.12. The molecule has 0 spiro atoms. The highest BCUT2D eigenvalue weighted by molar-refractivity contribution is 5.81. The van der Waals surface area contributed by atoms with E-state index in [1.165, 1.54) is 6.07 Å². The zero-order valence-electron chi connectivity index (χ0n) is 13.7. The molecule has 2 amide bonds. The van der Waals surface area contributed by atoms with Crippen LogP contribution in [0.2, 0.25) is 0 Å². The van der Waals surface area contributed by atoms with Crippen molar-refractivity contribution in [2.45, 2.75) is 26.3 Å². The van der Waals surface area contributed by atoms with Crippen molar-refractivity contribution in [3.05, 3.63) is 35.6 Å². The molecule has 1 aromatic carbocycles. The lowest BCUT2D eigenvalue weighted by atomic mass is 10.0. The molecule has 2 atom stereocenters. The molecule has 23 heavy (non-hydrogen) atoms. The number of rotatable bonds is 4. The molecular weight excluding hydrogens is 297 g/mol. The number of hydrogen-bond donors (Lipinski definition) is 1. The van der Waals surface area contributed by atoms with Gasteiger partial charge in [0.2, 0.25) is 11.8 Å². The number of hydrogen-bond acceptors (Lipinski definition) is 3. The molecule has 1 fully saturated rings. The minimum absolute atomic E-state index is 0.0289. The van der Waals surface area contributed by atoms with Gasteiger partial charge in [0.05, 0.1) is 12.3 Å². The van der Waals surface area contributed by atoms with Crippen LogP contribution in [0.25, 0.3) is 0 Å². The predicted molar refractivity (Wildman–Crippen MR) is 86.1 cm³/mol. The Morgan fingerprint density at radius 2 is 1.70 bits per heavy atom. The van der Waals surface area contributed by atoms with Crippen LogP contribution in [0, 0.1) is 11.7 Å². The Labute approximate surface area is 136 Å². The smallest absolute Gasteiger partial charge is 0.227 e. The van der Waals surface area contributed by atoms with Crippen LogP contribution in [0.1, 0.15) is 19.4 Å². The van der Waals surface area contributed by atoms with Gasteiger partial charge in [-0.1, -0.05) is 25.1 Å². The van der Waals surface area contributed by atoms with Crippen molar-refractivity contribution in [1.82, 2.24) is 9.80 Å². The molecular formula is C17H24FN3O2. The van der Waals surface area contributed by atoms with Gasteiger partial charge in [0, 0.05) is 32.2 Å². The van der Waals surface area contributed by atoms with Crippen molar-refractivity contribution in [2.24, 2.45) is 11.7 Å². The van der Waals surface area contributed by atoms with E-state index < -0.39 is 0 Å². The van der Waals surface area contributed by atoms with Crippen molar-refractivity contribution in [1.29, 1.82) is 0 Å². The second-order valence-electron chi connectivity index (χ2n) is 6.12. The van der Waals surface area contributed by atoms with Gasteiger partial charge in [0.15, 0.2) is 0 Å². The summed E-state index contributed by atoms with van der Waals surface area (Å²) in [7, 11) is 0. The molecule has 1 aromatic rings. The first kappa shape index (κ1) is 17.4. The van der Waals surface area contributed by atoms with E-state index in [2.05, 4.69) is 0 Å². The number of piperazine rings is 1. The van der Waals surface area contributed by atoms with Gasteiger partial charge in [-0.05, 0) is 18.6 Å². The SMILES string of the molecule is CC(N)C(C)C(=O)N1CCN(C(=O)Cc2ccccc2F)CC1. The molecule has 6 heteroatoms. The molecule has 2 unspecified atom stereocenters. The molecule has 1 heterocycles. The Bertz CT molecular complexity index is 569. The first-order valence-corrected chi connectivity index (χ1v) is 7.95. The summed E-state index contributed by atoms with van der Waals surface area (Å²) in [6.07, 6.45) is 0.0524. The van der Waals surface area contributed by atoms with Crippen LogP contribution in [0.3, 0.4) is 0 Å². The highest BCUT2D eigenvalue weighted by Gasteiger charge is 2.28. The van der Waals surface area contributed by atoms with Crippen molar-refractivity contribution in [3.63, 3.8) is 0 Å². The number of benzene rings is 1. The number of nitrogens with two attached hydrogens (primary N) is 1. The quantitative estimate of drug-likeness (QED) is 0.900. The third-order valence-electron chi connectivity index (χ3n) is 4.42. The minimum atomic E-state index is -0.361. The lowest BCUT2D eigenvalue weighted by Gasteiger charge is -2.36. The van der Waals surface area contributed by atoms with Gasteiger partial charge in [0.25, 0.3) is 0 Å². The molecule has 2 rings (SSSR count). The summed E-state index contributed by atoms with van der Waals surface area (Å²) < 4.78 is 13.6. The van der Waals surface area contributed by atoms with Crippen LogP contribution in [-0.2, 0) is 16.0 Å². The van der Waals surface area contributed by atoms with Crippen LogP contribution in [-0.4, -0.2) is 53.8 Å². The van der Waals surface area contributed by atoms with Crippen LogP contribution in [0.4, 0.5) is 4.39 Å². The maximum atomic E-state index is 13.6. The molecule has 1 aliphatic heterocycles. The molecule has 1 aliphatic rings. The molecule has 0 aromatic heterocycles. The minimum Gasteiger partial charge on any atom is -0.339 e. The summed E-state index contributed by atoms with van der Waals surface area (Å²) in [5.74, 6) is -0.667. The molecule has 0 radical (unpaired) electrons. The molecule has 0 bridgehead atoms. The van der Waals surface area contributed by atoms with Crippen LogP contribution < -0.4 is 5.73 Å². The van der Waals surface area contributed by atoms with Gasteiger partial charge in [-0.15, -0.1) is 0 Å². The van der Waals surface area contributed by atoms with E-state index in [0.29, 0.717) is 31.7 Å². The maximum absolute atomic E-state index is 13.6. The summed E-state index contributed by atoms with van der Waals surface area (Å²) in [5, 5.41) is 0. The Morgan fingerprint density at radius 3 is 2.26 bits per heavy atom. The van der Waals surface area contributed by atoms with E-state index in [-0.39, 0.29) is 36.0 Å². The Kier molecular flexibility index (Phi) is 5.71. The van der Waals surface area contributed by atoms with Crippen LogP contribution >= 0.6 is 0 Å². The Balaban J connectivity index is 1.88. The van der Waals surface area contributed by atoms with Crippen molar-refractivity contribution >= 4 is 11.8 Å². The predicted octanol–water partition coefficient (Wildman–Crippen LogP) is 1.02. The third kappa shape index (κ3) is 4.28. The zero-order valence-corrected chi connectivity index (χ0v) is 13.7. The monoisotopic (exact) mass is 321 g/mol. The largest absolute Gasteiger partial charge is 0.339 e. The number of amides is 2. The van der Waals surface area contributed by atoms with E-state index in [0.717, 1.165) is 0 Å². The van der Waals surface area contributed by atoms with Gasteiger partial charge in [-0.25, -0.2) is 4.39 Å². The normalized spacial score (nSPS) is 17.7. The third-order valence-corrected chi connectivity index (χ3v) is 4.42. The van der Waals surface area contributed by atoms with Crippen molar-refractivity contribution in [2.75, 3.05) is 26.2 Å². The topological polar surface area (TPSA) is 66.6 Å². The van der Waals surface area contributed by atoms with E-state index in [1.807, 2.05) is 13.8 Å². The van der Waals surface area contributed by atoms with Gasteiger partial charge >= 0.3 is 0 Å². The highest BCUT2D eigenvalue weighted by atomic mass is 19.1. The molecule has 5 nitrogen and oxygen atoms in total. The standard InChI is InChI=1S/C17H24FN3O2/c1-12(13(2)19)17(23)21-9-7-20(8-10-21)16(22)11-14-5-3-4-6-15(14)18/h3-6,12-13H,7-11,19H2,1-2H3. The number of carbonyl (C=O) groups excluding carboxylic acids is 2. The number of carbonyl (C=O) groups is 2.